The minimum absolute atomic E-state index is 0.0312. The van der Waals surface area contributed by atoms with E-state index in [4.69, 9.17) is 11.6 Å². The quantitative estimate of drug-likeness (QED) is 0.926. The molecule has 6 heteroatoms. The van der Waals surface area contributed by atoms with Crippen LogP contribution in [0.25, 0.3) is 0 Å². The standard InChI is InChI=1S/C18H21ClN4O/c1-14-12-15(6-7-20-14)23-10-8-22(9-11-23)13-18(24)21-17-5-3-2-4-16(17)19/h2-7,12H,8-11,13H2,1H3,(H,21,24). The third-order valence-electron chi connectivity index (χ3n) is 4.13. The number of anilines is 2. The number of hydrogen-bond donors (Lipinski definition) is 1. The molecular formula is C18H21ClN4O. The lowest BCUT2D eigenvalue weighted by Crippen LogP contribution is -2.48. The van der Waals surface area contributed by atoms with Crippen LogP contribution in [0.5, 0.6) is 0 Å². The van der Waals surface area contributed by atoms with Crippen LogP contribution in [0.15, 0.2) is 42.6 Å². The number of nitrogens with one attached hydrogen (secondary N) is 1. The smallest absolute Gasteiger partial charge is 0.238 e. The molecule has 126 valence electrons. The Kier molecular flexibility index (Phi) is 5.33. The molecule has 0 bridgehead atoms. The summed E-state index contributed by atoms with van der Waals surface area (Å²) < 4.78 is 0. The molecule has 0 saturated carbocycles. The Morgan fingerprint density at radius 3 is 2.67 bits per heavy atom. The van der Waals surface area contributed by atoms with Crippen molar-refractivity contribution in [1.29, 1.82) is 0 Å². The maximum absolute atomic E-state index is 12.2. The first-order valence-electron chi connectivity index (χ1n) is 8.06. The van der Waals surface area contributed by atoms with Gasteiger partial charge in [0, 0.05) is 43.8 Å². The highest BCUT2D eigenvalue weighted by molar-refractivity contribution is 6.33. The lowest BCUT2D eigenvalue weighted by molar-refractivity contribution is -0.117. The van der Waals surface area contributed by atoms with E-state index < -0.39 is 0 Å². The molecule has 24 heavy (non-hydrogen) atoms. The van der Waals surface area contributed by atoms with Crippen LogP contribution in [0.2, 0.25) is 5.02 Å². The predicted octanol–water partition coefficient (Wildman–Crippen LogP) is 2.80. The highest BCUT2D eigenvalue weighted by Crippen LogP contribution is 2.20. The van der Waals surface area contributed by atoms with Gasteiger partial charge in [0.15, 0.2) is 0 Å². The third-order valence-corrected chi connectivity index (χ3v) is 4.46. The van der Waals surface area contributed by atoms with Gasteiger partial charge in [-0.1, -0.05) is 23.7 Å². The van der Waals surface area contributed by atoms with E-state index in [0.29, 0.717) is 17.3 Å². The van der Waals surface area contributed by atoms with Crippen molar-refractivity contribution in [2.75, 3.05) is 42.9 Å². The van der Waals surface area contributed by atoms with E-state index in [1.807, 2.05) is 37.4 Å². The number of carbonyl (C=O) groups excluding carboxylic acids is 1. The largest absolute Gasteiger partial charge is 0.369 e. The number of carbonyl (C=O) groups is 1. The monoisotopic (exact) mass is 344 g/mol. The van der Waals surface area contributed by atoms with Crippen LogP contribution < -0.4 is 10.2 Å². The van der Waals surface area contributed by atoms with Gasteiger partial charge in [-0.15, -0.1) is 0 Å². The van der Waals surface area contributed by atoms with Crippen molar-refractivity contribution < 1.29 is 4.79 Å². The number of halogens is 1. The number of hydrogen-bond acceptors (Lipinski definition) is 4. The topological polar surface area (TPSA) is 48.5 Å². The summed E-state index contributed by atoms with van der Waals surface area (Å²) in [4.78, 5) is 20.9. The Morgan fingerprint density at radius 2 is 1.96 bits per heavy atom. The molecule has 1 saturated heterocycles. The Balaban J connectivity index is 1.50. The van der Waals surface area contributed by atoms with E-state index in [0.717, 1.165) is 31.9 Å². The normalized spacial score (nSPS) is 15.3. The Morgan fingerprint density at radius 1 is 1.21 bits per heavy atom. The van der Waals surface area contributed by atoms with Crippen LogP contribution in [0.4, 0.5) is 11.4 Å². The number of nitrogens with zero attached hydrogens (tertiary/aromatic N) is 3. The molecule has 2 aromatic rings. The number of aryl methyl sites for hydroxylation is 1. The summed E-state index contributed by atoms with van der Waals surface area (Å²) >= 11 is 6.07. The molecule has 1 fully saturated rings. The molecule has 1 aromatic heterocycles. The van der Waals surface area contributed by atoms with Crippen LogP contribution >= 0.6 is 11.6 Å². The fourth-order valence-corrected chi connectivity index (χ4v) is 3.03. The van der Waals surface area contributed by atoms with Gasteiger partial charge >= 0.3 is 0 Å². The molecule has 1 aliphatic rings. The van der Waals surface area contributed by atoms with Gasteiger partial charge in [-0.3, -0.25) is 14.7 Å². The van der Waals surface area contributed by atoms with Gasteiger partial charge in [0.2, 0.25) is 5.91 Å². The number of amides is 1. The van der Waals surface area contributed by atoms with E-state index in [1.54, 1.807) is 6.07 Å². The van der Waals surface area contributed by atoms with Crippen LogP contribution in [0, 0.1) is 6.92 Å². The van der Waals surface area contributed by atoms with Crippen molar-refractivity contribution in [3.63, 3.8) is 0 Å². The molecule has 1 aliphatic heterocycles. The van der Waals surface area contributed by atoms with Gasteiger partial charge < -0.3 is 10.2 Å². The van der Waals surface area contributed by atoms with Crippen molar-refractivity contribution in [2.24, 2.45) is 0 Å². The summed E-state index contributed by atoms with van der Waals surface area (Å²) in [5.74, 6) is -0.0312. The molecule has 1 N–H and O–H groups in total. The lowest BCUT2D eigenvalue weighted by Gasteiger charge is -2.35. The average molecular weight is 345 g/mol. The predicted molar refractivity (Wildman–Crippen MR) is 97.7 cm³/mol. The van der Waals surface area contributed by atoms with Crippen molar-refractivity contribution >= 4 is 28.9 Å². The highest BCUT2D eigenvalue weighted by Gasteiger charge is 2.19. The second-order valence-corrected chi connectivity index (χ2v) is 6.35. The van der Waals surface area contributed by atoms with Crippen LogP contribution in [-0.4, -0.2) is 48.5 Å². The first kappa shape index (κ1) is 16.7. The Bertz CT molecular complexity index is 714. The van der Waals surface area contributed by atoms with Gasteiger partial charge in [0.25, 0.3) is 0 Å². The zero-order valence-corrected chi connectivity index (χ0v) is 14.5. The van der Waals surface area contributed by atoms with Gasteiger partial charge in [-0.05, 0) is 31.2 Å². The fraction of sp³-hybridized carbons (Fsp3) is 0.333. The van der Waals surface area contributed by atoms with Gasteiger partial charge in [-0.2, -0.15) is 0 Å². The van der Waals surface area contributed by atoms with Gasteiger partial charge in [-0.25, -0.2) is 0 Å². The first-order chi connectivity index (χ1) is 11.6. The number of benzene rings is 1. The third kappa shape index (κ3) is 4.24. The van der Waals surface area contributed by atoms with E-state index in [9.17, 15) is 4.79 Å². The maximum Gasteiger partial charge on any atom is 0.238 e. The van der Waals surface area contributed by atoms with Gasteiger partial charge in [0.1, 0.15) is 0 Å². The molecule has 0 spiro atoms. The van der Waals surface area contributed by atoms with Gasteiger partial charge in [0.05, 0.1) is 17.3 Å². The van der Waals surface area contributed by atoms with Crippen LogP contribution in [0.1, 0.15) is 5.69 Å². The summed E-state index contributed by atoms with van der Waals surface area (Å²) in [5, 5.41) is 3.43. The van der Waals surface area contributed by atoms with E-state index in [2.05, 4.69) is 26.2 Å². The molecule has 0 atom stereocenters. The summed E-state index contributed by atoms with van der Waals surface area (Å²) in [6.45, 7) is 5.91. The van der Waals surface area contributed by atoms with Crippen molar-refractivity contribution in [1.82, 2.24) is 9.88 Å². The van der Waals surface area contributed by atoms with E-state index in [-0.39, 0.29) is 5.91 Å². The second kappa shape index (κ2) is 7.64. The second-order valence-electron chi connectivity index (χ2n) is 5.95. The summed E-state index contributed by atoms with van der Waals surface area (Å²) in [6.07, 6.45) is 1.84. The van der Waals surface area contributed by atoms with Crippen molar-refractivity contribution in [2.45, 2.75) is 6.92 Å². The molecule has 0 radical (unpaired) electrons. The zero-order valence-electron chi connectivity index (χ0n) is 13.7. The number of aromatic nitrogens is 1. The van der Waals surface area contributed by atoms with E-state index >= 15 is 0 Å². The summed E-state index contributed by atoms with van der Waals surface area (Å²) in [7, 11) is 0. The lowest BCUT2D eigenvalue weighted by atomic mass is 10.2. The molecule has 1 aromatic carbocycles. The minimum Gasteiger partial charge on any atom is -0.369 e. The van der Waals surface area contributed by atoms with Crippen LogP contribution in [0.3, 0.4) is 0 Å². The molecule has 0 aliphatic carbocycles. The molecular weight excluding hydrogens is 324 g/mol. The minimum atomic E-state index is -0.0312. The first-order valence-corrected chi connectivity index (χ1v) is 8.44. The molecule has 5 nitrogen and oxygen atoms in total. The maximum atomic E-state index is 12.2. The molecule has 2 heterocycles. The molecule has 3 rings (SSSR count). The number of rotatable bonds is 4. The van der Waals surface area contributed by atoms with Crippen LogP contribution in [-0.2, 0) is 4.79 Å². The highest BCUT2D eigenvalue weighted by atomic mass is 35.5. The summed E-state index contributed by atoms with van der Waals surface area (Å²) in [5.41, 5.74) is 2.88. The average Bonchev–Trinajstić information content (AvgIpc) is 2.58. The molecule has 1 amide bonds. The van der Waals surface area contributed by atoms with Crippen molar-refractivity contribution in [3.05, 3.63) is 53.3 Å². The SMILES string of the molecule is Cc1cc(N2CCN(CC(=O)Nc3ccccc3Cl)CC2)ccn1. The number of piperazine rings is 1. The number of pyridine rings is 1. The Labute approximate surface area is 147 Å². The molecule has 0 unspecified atom stereocenters. The van der Waals surface area contributed by atoms with E-state index in [1.165, 1.54) is 5.69 Å². The van der Waals surface area contributed by atoms with Crippen molar-refractivity contribution in [3.8, 4) is 0 Å². The zero-order chi connectivity index (χ0) is 16.9. The fourth-order valence-electron chi connectivity index (χ4n) is 2.85. The Hall–Kier alpha value is -2.11. The number of para-hydroxylation sites is 1. The summed E-state index contributed by atoms with van der Waals surface area (Å²) in [6, 6.07) is 11.4.